The van der Waals surface area contributed by atoms with Crippen LogP contribution in [0.2, 0.25) is 0 Å². The molecule has 2 aliphatic rings. The topological polar surface area (TPSA) is 76.0 Å². The van der Waals surface area contributed by atoms with Gasteiger partial charge in [-0.15, -0.1) is 0 Å². The van der Waals surface area contributed by atoms with E-state index in [9.17, 15) is 4.79 Å². The van der Waals surface area contributed by atoms with E-state index in [1.165, 1.54) is 43.5 Å². The van der Waals surface area contributed by atoms with Crippen LogP contribution in [0.4, 0.5) is 0 Å². The molecule has 1 saturated heterocycles. The van der Waals surface area contributed by atoms with Crippen LogP contribution in [0.25, 0.3) is 55.8 Å². The molecule has 1 N–H and O–H groups in total. The molecule has 0 aliphatic carbocycles. The molecule has 2 aliphatic heterocycles. The minimum absolute atomic E-state index is 0.201. The van der Waals surface area contributed by atoms with E-state index in [0.29, 0.717) is 17.8 Å². The summed E-state index contributed by atoms with van der Waals surface area (Å²) in [6, 6.07) is 28.5. The summed E-state index contributed by atoms with van der Waals surface area (Å²) < 4.78 is 8.44. The van der Waals surface area contributed by atoms with Gasteiger partial charge in [0.1, 0.15) is 23.9 Å². The fraction of sp³-hybridized carbons (Fsp3) is 0.250. The highest BCUT2D eigenvalue weighted by molar-refractivity contribution is 5.94. The molecule has 4 heterocycles. The number of aromatic amines is 1. The van der Waals surface area contributed by atoms with Crippen LogP contribution in [0, 0.1) is 0 Å². The quantitative estimate of drug-likeness (QED) is 0.234. The number of imidazole rings is 1. The fourth-order valence-electron chi connectivity index (χ4n) is 6.65. The predicted octanol–water partition coefficient (Wildman–Crippen LogP) is 7.04. The van der Waals surface area contributed by atoms with Crippen LogP contribution in [0.5, 0.6) is 5.75 Å². The zero-order chi connectivity index (χ0) is 28.8. The van der Waals surface area contributed by atoms with Crippen molar-refractivity contribution in [2.45, 2.75) is 38.8 Å². The second-order valence-electron chi connectivity index (χ2n) is 11.6. The molecule has 0 bridgehead atoms. The molecule has 0 radical (unpaired) electrons. The molecule has 6 aromatic rings. The number of fused-ring (bicyclic) bond motifs is 5. The van der Waals surface area contributed by atoms with Crippen LogP contribution in [-0.2, 0) is 13.2 Å². The maximum Gasteiger partial charge on any atom is 0.274 e. The summed E-state index contributed by atoms with van der Waals surface area (Å²) in [6.45, 7) is 4.87. The van der Waals surface area contributed by atoms with E-state index in [1.54, 1.807) is 0 Å². The van der Waals surface area contributed by atoms with E-state index in [-0.39, 0.29) is 5.56 Å². The molecule has 8 rings (SSSR count). The van der Waals surface area contributed by atoms with Gasteiger partial charge >= 0.3 is 0 Å². The first-order valence-corrected chi connectivity index (χ1v) is 15.3. The van der Waals surface area contributed by atoms with Crippen molar-refractivity contribution in [1.29, 1.82) is 0 Å². The summed E-state index contributed by atoms with van der Waals surface area (Å²) in [5, 5.41) is 0. The summed E-state index contributed by atoms with van der Waals surface area (Å²) in [7, 11) is 0. The van der Waals surface area contributed by atoms with E-state index in [4.69, 9.17) is 14.7 Å². The molecular weight excluding hydrogens is 534 g/mol. The maximum absolute atomic E-state index is 13.0. The van der Waals surface area contributed by atoms with Crippen molar-refractivity contribution in [1.82, 2.24) is 24.4 Å². The average Bonchev–Trinajstić information content (AvgIpc) is 3.41. The standard InChI is InChI=1S/C36H33N5O2/c42-36-34(24-10-3-1-4-11-24)37-30-22-32-31(21-29(30)39-36)38-35(41(32)19-9-18-40-16-7-2-8-17-40)25-14-15-33-28(20-25)27-13-6-5-12-26(27)23-43-33/h1,3-6,10-15,20-22H,2,7-9,16-19,23H2,(H,39,42). The van der Waals surface area contributed by atoms with Gasteiger partial charge in [-0.1, -0.05) is 61.0 Å². The highest BCUT2D eigenvalue weighted by Gasteiger charge is 2.21. The van der Waals surface area contributed by atoms with Crippen molar-refractivity contribution < 1.29 is 4.74 Å². The van der Waals surface area contributed by atoms with E-state index in [1.807, 2.05) is 36.4 Å². The van der Waals surface area contributed by atoms with Gasteiger partial charge in [0.2, 0.25) is 0 Å². The normalized spacial score (nSPS) is 14.9. The molecule has 43 heavy (non-hydrogen) atoms. The van der Waals surface area contributed by atoms with E-state index >= 15 is 0 Å². The van der Waals surface area contributed by atoms with Gasteiger partial charge in [-0.05, 0) is 80.4 Å². The number of nitrogens with one attached hydrogen (secondary N) is 1. The lowest BCUT2D eigenvalue weighted by molar-refractivity contribution is 0.223. The first kappa shape index (κ1) is 25.9. The number of aryl methyl sites for hydroxylation is 1. The van der Waals surface area contributed by atoms with Crippen LogP contribution in [-0.4, -0.2) is 44.1 Å². The summed E-state index contributed by atoms with van der Waals surface area (Å²) in [6.07, 6.45) is 4.95. The second kappa shape index (κ2) is 10.8. The monoisotopic (exact) mass is 567 g/mol. The number of benzene rings is 4. The molecule has 4 aromatic carbocycles. The van der Waals surface area contributed by atoms with Crippen molar-refractivity contribution >= 4 is 22.1 Å². The molecule has 0 spiro atoms. The molecule has 214 valence electrons. The van der Waals surface area contributed by atoms with Crippen molar-refractivity contribution in [2.75, 3.05) is 19.6 Å². The third kappa shape index (κ3) is 4.79. The lowest BCUT2D eigenvalue weighted by atomic mass is 9.95. The Balaban J connectivity index is 1.25. The minimum Gasteiger partial charge on any atom is -0.488 e. The Morgan fingerprint density at radius 1 is 0.767 bits per heavy atom. The summed E-state index contributed by atoms with van der Waals surface area (Å²) in [5.74, 6) is 1.82. The first-order valence-electron chi connectivity index (χ1n) is 15.3. The Morgan fingerprint density at radius 2 is 1.60 bits per heavy atom. The van der Waals surface area contributed by atoms with Crippen molar-refractivity contribution in [3.8, 4) is 39.5 Å². The molecule has 2 aromatic heterocycles. The first-order chi connectivity index (χ1) is 21.2. The van der Waals surface area contributed by atoms with Crippen LogP contribution in [0.1, 0.15) is 31.2 Å². The van der Waals surface area contributed by atoms with Crippen molar-refractivity contribution in [3.05, 3.63) is 101 Å². The number of piperidine rings is 1. The average molecular weight is 568 g/mol. The number of hydrogen-bond donors (Lipinski definition) is 1. The fourth-order valence-corrected chi connectivity index (χ4v) is 6.65. The Labute approximate surface area is 249 Å². The zero-order valence-corrected chi connectivity index (χ0v) is 24.1. The molecule has 7 nitrogen and oxygen atoms in total. The number of H-pyrrole nitrogens is 1. The number of hydrogen-bond acceptors (Lipinski definition) is 5. The Hall–Kier alpha value is -4.75. The van der Waals surface area contributed by atoms with Crippen LogP contribution >= 0.6 is 0 Å². The van der Waals surface area contributed by atoms with Crippen LogP contribution < -0.4 is 10.3 Å². The van der Waals surface area contributed by atoms with E-state index in [2.05, 4.69) is 63.0 Å². The Kier molecular flexibility index (Phi) is 6.52. The van der Waals surface area contributed by atoms with E-state index in [0.717, 1.165) is 64.3 Å². The van der Waals surface area contributed by atoms with Gasteiger partial charge in [-0.25, -0.2) is 9.97 Å². The lowest BCUT2D eigenvalue weighted by Crippen LogP contribution is -2.31. The summed E-state index contributed by atoms with van der Waals surface area (Å²) >= 11 is 0. The van der Waals surface area contributed by atoms with E-state index < -0.39 is 0 Å². The van der Waals surface area contributed by atoms with Gasteiger partial charge in [0.15, 0.2) is 0 Å². The van der Waals surface area contributed by atoms with Crippen molar-refractivity contribution in [2.24, 2.45) is 0 Å². The number of aromatic nitrogens is 4. The molecular formula is C36H33N5O2. The van der Waals surface area contributed by atoms with Gasteiger partial charge < -0.3 is 19.2 Å². The van der Waals surface area contributed by atoms with Gasteiger partial charge in [0.25, 0.3) is 5.56 Å². The van der Waals surface area contributed by atoms with Gasteiger partial charge in [-0.3, -0.25) is 4.79 Å². The highest BCUT2D eigenvalue weighted by Crippen LogP contribution is 2.40. The Morgan fingerprint density at radius 3 is 2.49 bits per heavy atom. The molecule has 7 heteroatoms. The number of ether oxygens (including phenoxy) is 1. The minimum atomic E-state index is -0.201. The smallest absolute Gasteiger partial charge is 0.274 e. The molecule has 0 atom stereocenters. The predicted molar refractivity (Wildman–Crippen MR) is 171 cm³/mol. The highest BCUT2D eigenvalue weighted by atomic mass is 16.5. The third-order valence-corrected chi connectivity index (χ3v) is 8.84. The maximum atomic E-state index is 13.0. The van der Waals surface area contributed by atoms with Gasteiger partial charge in [0.05, 0.1) is 22.1 Å². The van der Waals surface area contributed by atoms with Crippen LogP contribution in [0.3, 0.4) is 0 Å². The largest absolute Gasteiger partial charge is 0.488 e. The third-order valence-electron chi connectivity index (χ3n) is 8.84. The van der Waals surface area contributed by atoms with Gasteiger partial charge in [-0.2, -0.15) is 0 Å². The van der Waals surface area contributed by atoms with Gasteiger partial charge in [0, 0.05) is 23.2 Å². The molecule has 0 unspecified atom stereocenters. The summed E-state index contributed by atoms with van der Waals surface area (Å²) in [5.41, 5.74) is 8.88. The SMILES string of the molecule is O=c1[nH]c2cc3nc(-c4ccc5c(c4)-c4ccccc4CO5)n(CCCN4CCCCC4)c3cc2nc1-c1ccccc1. The number of nitrogens with zero attached hydrogens (tertiary/aromatic N) is 4. The molecule has 1 fully saturated rings. The van der Waals surface area contributed by atoms with Crippen molar-refractivity contribution in [3.63, 3.8) is 0 Å². The Bertz CT molecular complexity index is 2020. The number of rotatable bonds is 6. The van der Waals surface area contributed by atoms with Crippen LogP contribution in [0.15, 0.2) is 89.7 Å². The lowest BCUT2D eigenvalue weighted by Gasteiger charge is -2.26. The number of likely N-dealkylation sites (tertiary alicyclic amines) is 1. The second-order valence-corrected chi connectivity index (χ2v) is 11.6. The summed E-state index contributed by atoms with van der Waals surface area (Å²) in [4.78, 5) is 28.7. The zero-order valence-electron chi connectivity index (χ0n) is 24.1. The molecule has 0 amide bonds. The molecule has 0 saturated carbocycles.